The molecule has 1 amide bonds. The van der Waals surface area contributed by atoms with E-state index >= 15 is 0 Å². The molecule has 0 spiro atoms. The lowest BCUT2D eigenvalue weighted by atomic mass is 10.0. The average Bonchev–Trinajstić information content (AvgIpc) is 3.10. The quantitative estimate of drug-likeness (QED) is 0.742. The first kappa shape index (κ1) is 18.8. The van der Waals surface area contributed by atoms with Gasteiger partial charge in [0.25, 0.3) is 5.91 Å². The Kier molecular flexibility index (Phi) is 5.29. The maximum absolute atomic E-state index is 11.9. The van der Waals surface area contributed by atoms with Crippen LogP contribution in [-0.4, -0.2) is 48.9 Å². The largest absolute Gasteiger partial charge is 0.456 e. The molecule has 1 N–H and O–H groups in total. The summed E-state index contributed by atoms with van der Waals surface area (Å²) in [7, 11) is -3.11. The molecular weight excluding hydrogens is 376 g/mol. The van der Waals surface area contributed by atoms with Gasteiger partial charge in [-0.1, -0.05) is 12.1 Å². The van der Waals surface area contributed by atoms with Crippen molar-refractivity contribution in [1.29, 1.82) is 0 Å². The molecule has 1 fully saturated rings. The number of carbonyl (C=O) groups is 2. The fourth-order valence-electron chi connectivity index (χ4n) is 2.94. The van der Waals surface area contributed by atoms with Crippen LogP contribution < -0.4 is 5.32 Å². The number of ether oxygens (including phenoxy) is 1. The second-order valence-corrected chi connectivity index (χ2v) is 9.99. The van der Waals surface area contributed by atoms with Gasteiger partial charge in [-0.2, -0.15) is 0 Å². The number of sulfone groups is 1. The molecule has 1 aromatic carbocycles. The van der Waals surface area contributed by atoms with Crippen molar-refractivity contribution in [3.63, 3.8) is 0 Å². The highest BCUT2D eigenvalue weighted by Crippen LogP contribution is 2.23. The third kappa shape index (κ3) is 4.79. The molecule has 1 aromatic heterocycles. The lowest BCUT2D eigenvalue weighted by molar-refractivity contribution is -0.148. The summed E-state index contributed by atoms with van der Waals surface area (Å²) in [6, 6.07) is 7.74. The lowest BCUT2D eigenvalue weighted by Crippen LogP contribution is -2.48. The molecule has 2 aromatic rings. The number of aryl methyl sites for hydroxylation is 1. The Labute approximate surface area is 155 Å². The SMILES string of the molecule is C[C@@]1(NC(=O)COC(=O)CCc2nc3ccccc3s2)CCS(=O)(=O)C1. The number of benzene rings is 1. The number of para-hydroxylation sites is 1. The van der Waals surface area contributed by atoms with Crippen LogP contribution in [0.5, 0.6) is 0 Å². The van der Waals surface area contributed by atoms with Crippen molar-refractivity contribution in [2.75, 3.05) is 18.1 Å². The zero-order chi connectivity index (χ0) is 18.8. The summed E-state index contributed by atoms with van der Waals surface area (Å²) in [4.78, 5) is 28.2. The van der Waals surface area contributed by atoms with Gasteiger partial charge in [0.2, 0.25) is 0 Å². The first-order valence-corrected chi connectivity index (χ1v) is 10.9. The third-order valence-electron chi connectivity index (χ3n) is 4.19. The van der Waals surface area contributed by atoms with Gasteiger partial charge in [0.15, 0.2) is 16.4 Å². The monoisotopic (exact) mass is 396 g/mol. The van der Waals surface area contributed by atoms with Crippen LogP contribution in [0.25, 0.3) is 10.2 Å². The van der Waals surface area contributed by atoms with E-state index in [0.717, 1.165) is 15.2 Å². The molecule has 140 valence electrons. The Hall–Kier alpha value is -2.00. The summed E-state index contributed by atoms with van der Waals surface area (Å²) in [5, 5.41) is 3.50. The van der Waals surface area contributed by atoms with Crippen molar-refractivity contribution in [3.05, 3.63) is 29.3 Å². The molecule has 1 saturated heterocycles. The molecule has 0 unspecified atom stereocenters. The molecule has 3 rings (SSSR count). The zero-order valence-corrected chi connectivity index (χ0v) is 16.0. The van der Waals surface area contributed by atoms with Crippen LogP contribution >= 0.6 is 11.3 Å². The highest BCUT2D eigenvalue weighted by molar-refractivity contribution is 7.91. The first-order chi connectivity index (χ1) is 12.2. The van der Waals surface area contributed by atoms with Gasteiger partial charge >= 0.3 is 5.97 Å². The Morgan fingerprint density at radius 1 is 1.35 bits per heavy atom. The number of aromatic nitrogens is 1. The summed E-state index contributed by atoms with van der Waals surface area (Å²) in [6.45, 7) is 1.28. The van der Waals surface area contributed by atoms with E-state index in [4.69, 9.17) is 4.74 Å². The number of nitrogens with one attached hydrogen (secondary N) is 1. The number of nitrogens with zero attached hydrogens (tertiary/aromatic N) is 1. The van der Waals surface area contributed by atoms with Crippen molar-refractivity contribution < 1.29 is 22.7 Å². The predicted octanol–water partition coefficient (Wildman–Crippen LogP) is 1.47. The molecule has 0 bridgehead atoms. The van der Waals surface area contributed by atoms with Crippen LogP contribution in [0.1, 0.15) is 24.8 Å². The fraction of sp³-hybridized carbons (Fsp3) is 0.471. The van der Waals surface area contributed by atoms with E-state index in [9.17, 15) is 18.0 Å². The summed E-state index contributed by atoms with van der Waals surface area (Å²) in [6.07, 6.45) is 0.959. The summed E-state index contributed by atoms with van der Waals surface area (Å²) in [5.41, 5.74) is 0.114. The van der Waals surface area contributed by atoms with Crippen LogP contribution in [-0.2, 0) is 30.6 Å². The van der Waals surface area contributed by atoms with Gasteiger partial charge in [-0.05, 0) is 25.5 Å². The number of thiazole rings is 1. The van der Waals surface area contributed by atoms with Crippen molar-refractivity contribution >= 4 is 43.3 Å². The average molecular weight is 396 g/mol. The van der Waals surface area contributed by atoms with E-state index in [1.807, 2.05) is 24.3 Å². The lowest BCUT2D eigenvalue weighted by Gasteiger charge is -2.23. The van der Waals surface area contributed by atoms with E-state index in [1.54, 1.807) is 6.92 Å². The van der Waals surface area contributed by atoms with E-state index < -0.39 is 33.9 Å². The minimum Gasteiger partial charge on any atom is -0.456 e. The Balaban J connectivity index is 1.43. The number of hydrogen-bond acceptors (Lipinski definition) is 7. The first-order valence-electron chi connectivity index (χ1n) is 8.26. The molecule has 0 saturated carbocycles. The minimum absolute atomic E-state index is 0.0612. The van der Waals surface area contributed by atoms with Crippen LogP contribution in [0, 0.1) is 0 Å². The number of esters is 1. The van der Waals surface area contributed by atoms with Gasteiger partial charge in [0, 0.05) is 6.42 Å². The van der Waals surface area contributed by atoms with Gasteiger partial charge in [-0.25, -0.2) is 13.4 Å². The second kappa shape index (κ2) is 7.32. The molecule has 1 atom stereocenters. The molecule has 26 heavy (non-hydrogen) atoms. The normalized spacial score (nSPS) is 21.6. The topological polar surface area (TPSA) is 102 Å². The fourth-order valence-corrected chi connectivity index (χ4v) is 6.00. The third-order valence-corrected chi connectivity index (χ3v) is 7.19. The maximum Gasteiger partial charge on any atom is 0.306 e. The van der Waals surface area contributed by atoms with Gasteiger partial charge in [0.05, 0.1) is 38.7 Å². The van der Waals surface area contributed by atoms with Crippen LogP contribution in [0.15, 0.2) is 24.3 Å². The number of hydrogen-bond donors (Lipinski definition) is 1. The van der Waals surface area contributed by atoms with Gasteiger partial charge in [-0.3, -0.25) is 9.59 Å². The van der Waals surface area contributed by atoms with Crippen molar-refractivity contribution in [1.82, 2.24) is 10.3 Å². The molecule has 9 heteroatoms. The second-order valence-electron chi connectivity index (χ2n) is 6.69. The van der Waals surface area contributed by atoms with E-state index in [-0.39, 0.29) is 17.9 Å². The highest BCUT2D eigenvalue weighted by Gasteiger charge is 2.39. The Bertz CT molecular complexity index is 905. The number of carbonyl (C=O) groups excluding carboxylic acids is 2. The minimum atomic E-state index is -3.11. The Morgan fingerprint density at radius 3 is 2.81 bits per heavy atom. The molecule has 7 nitrogen and oxygen atoms in total. The zero-order valence-electron chi connectivity index (χ0n) is 14.4. The van der Waals surface area contributed by atoms with Crippen LogP contribution in [0.2, 0.25) is 0 Å². The maximum atomic E-state index is 11.9. The highest BCUT2D eigenvalue weighted by atomic mass is 32.2. The van der Waals surface area contributed by atoms with Gasteiger partial charge in [0.1, 0.15) is 0 Å². The van der Waals surface area contributed by atoms with Crippen molar-refractivity contribution in [2.24, 2.45) is 0 Å². The van der Waals surface area contributed by atoms with Gasteiger partial charge in [-0.15, -0.1) is 11.3 Å². The molecule has 2 heterocycles. The smallest absolute Gasteiger partial charge is 0.306 e. The van der Waals surface area contributed by atoms with E-state index in [1.165, 1.54) is 11.3 Å². The molecule has 1 aliphatic rings. The number of rotatable bonds is 6. The van der Waals surface area contributed by atoms with Gasteiger partial charge < -0.3 is 10.1 Å². The predicted molar refractivity (Wildman–Crippen MR) is 98.7 cm³/mol. The van der Waals surface area contributed by atoms with Crippen LogP contribution in [0.3, 0.4) is 0 Å². The molecule has 1 aliphatic heterocycles. The van der Waals surface area contributed by atoms with E-state index in [0.29, 0.717) is 12.8 Å². The standard InChI is InChI=1S/C17H20N2O5S2/c1-17(8-9-26(22,23)11-17)19-14(20)10-24-16(21)7-6-15-18-12-4-2-3-5-13(12)25-15/h2-5H,6-11H2,1H3,(H,19,20)/t17-/m1/s1. The molecule has 0 radical (unpaired) electrons. The number of fused-ring (bicyclic) bond motifs is 1. The molecule has 0 aliphatic carbocycles. The summed E-state index contributed by atoms with van der Waals surface area (Å²) < 4.78 is 29.1. The Morgan fingerprint density at radius 2 is 2.12 bits per heavy atom. The van der Waals surface area contributed by atoms with Crippen molar-refractivity contribution in [2.45, 2.75) is 31.7 Å². The van der Waals surface area contributed by atoms with Crippen molar-refractivity contribution in [3.8, 4) is 0 Å². The summed E-state index contributed by atoms with van der Waals surface area (Å²) >= 11 is 1.53. The van der Waals surface area contributed by atoms with Crippen LogP contribution in [0.4, 0.5) is 0 Å². The van der Waals surface area contributed by atoms with E-state index in [2.05, 4.69) is 10.3 Å². The number of amides is 1. The molecular formula is C17H20N2O5S2. The summed E-state index contributed by atoms with van der Waals surface area (Å²) in [5.74, 6) is -0.996.